The van der Waals surface area contributed by atoms with Crippen molar-refractivity contribution in [1.29, 1.82) is 0 Å². The number of rotatable bonds is 5. The molecule has 0 N–H and O–H groups in total. The van der Waals surface area contributed by atoms with Gasteiger partial charge in [-0.15, -0.1) is 10.2 Å². The number of aryl methyl sites for hydroxylation is 1. The highest BCUT2D eigenvalue weighted by Gasteiger charge is 2.12. The SMILES string of the molecule is CCCCCCn1c2cccc3cccc(c32)n2cnnc12. The van der Waals surface area contributed by atoms with Crippen LogP contribution in [0, 0.1) is 0 Å². The molecule has 0 saturated carbocycles. The summed E-state index contributed by atoms with van der Waals surface area (Å²) in [7, 11) is 0. The van der Waals surface area contributed by atoms with E-state index in [1.165, 1.54) is 47.5 Å². The molecule has 0 unspecified atom stereocenters. The fraction of sp³-hybridized carbons (Fsp3) is 0.333. The summed E-state index contributed by atoms with van der Waals surface area (Å²) in [5.74, 6) is 0.933. The molecule has 0 spiro atoms. The number of unbranched alkanes of at least 4 members (excludes halogenated alkanes) is 3. The maximum absolute atomic E-state index is 4.36. The van der Waals surface area contributed by atoms with Crippen LogP contribution in [0.25, 0.3) is 27.6 Å². The molecule has 2 heterocycles. The van der Waals surface area contributed by atoms with Gasteiger partial charge in [-0.1, -0.05) is 50.5 Å². The summed E-state index contributed by atoms with van der Waals surface area (Å²) < 4.78 is 4.42. The van der Waals surface area contributed by atoms with Gasteiger partial charge < -0.3 is 4.57 Å². The summed E-state index contributed by atoms with van der Waals surface area (Å²) in [6, 6.07) is 12.9. The number of hydrogen-bond acceptors (Lipinski definition) is 2. The van der Waals surface area contributed by atoms with Gasteiger partial charge >= 0.3 is 0 Å². The Morgan fingerprint density at radius 2 is 1.77 bits per heavy atom. The molecule has 4 rings (SSSR count). The zero-order valence-electron chi connectivity index (χ0n) is 12.9. The van der Waals surface area contributed by atoms with Gasteiger partial charge in [0.1, 0.15) is 6.33 Å². The van der Waals surface area contributed by atoms with Crippen molar-refractivity contribution in [3.05, 3.63) is 42.7 Å². The van der Waals surface area contributed by atoms with Crippen LogP contribution in [0.5, 0.6) is 0 Å². The molecule has 0 aliphatic rings. The molecule has 2 aromatic heterocycles. The smallest absolute Gasteiger partial charge is 0.236 e. The highest BCUT2D eigenvalue weighted by Crippen LogP contribution is 2.28. The predicted molar refractivity (Wildman–Crippen MR) is 90.1 cm³/mol. The molecule has 4 heteroatoms. The normalized spacial score (nSPS) is 11.9. The van der Waals surface area contributed by atoms with Crippen molar-refractivity contribution >= 4 is 27.6 Å². The molecule has 0 amide bonds. The van der Waals surface area contributed by atoms with Gasteiger partial charge in [0.05, 0.1) is 11.0 Å². The molecule has 0 bridgehead atoms. The van der Waals surface area contributed by atoms with E-state index in [-0.39, 0.29) is 0 Å². The summed E-state index contributed by atoms with van der Waals surface area (Å²) in [4.78, 5) is 0. The van der Waals surface area contributed by atoms with Crippen LogP contribution in [-0.2, 0) is 6.54 Å². The molecule has 0 aliphatic carbocycles. The van der Waals surface area contributed by atoms with E-state index in [9.17, 15) is 0 Å². The van der Waals surface area contributed by atoms with Crippen LogP contribution in [0.3, 0.4) is 0 Å². The van der Waals surface area contributed by atoms with Crippen LogP contribution in [0.15, 0.2) is 42.7 Å². The van der Waals surface area contributed by atoms with Crippen molar-refractivity contribution in [3.8, 4) is 0 Å². The minimum absolute atomic E-state index is 0.933. The largest absolute Gasteiger partial charge is 0.310 e. The van der Waals surface area contributed by atoms with Crippen LogP contribution < -0.4 is 0 Å². The fourth-order valence-corrected chi connectivity index (χ4v) is 3.34. The summed E-state index contributed by atoms with van der Waals surface area (Å²) >= 11 is 0. The first kappa shape index (κ1) is 13.3. The van der Waals surface area contributed by atoms with Crippen molar-refractivity contribution in [2.24, 2.45) is 0 Å². The van der Waals surface area contributed by atoms with Crippen LogP contribution in [0.2, 0.25) is 0 Å². The second-order valence-electron chi connectivity index (χ2n) is 5.87. The standard InChI is InChI=1S/C18H20N4/c1-2-3-4-5-12-21-15-10-6-8-14-9-7-11-16(17(14)15)22-13-19-20-18(21)22/h6-11,13H,2-5,12H2,1H3. The third kappa shape index (κ3) is 1.98. The van der Waals surface area contributed by atoms with Gasteiger partial charge in [0.2, 0.25) is 5.78 Å². The molecule has 0 radical (unpaired) electrons. The highest BCUT2D eigenvalue weighted by atomic mass is 15.3. The quantitative estimate of drug-likeness (QED) is 0.510. The summed E-state index contributed by atoms with van der Waals surface area (Å²) in [5.41, 5.74) is 2.43. The number of nitrogens with zero attached hydrogens (tertiary/aromatic N) is 4. The van der Waals surface area contributed by atoms with Gasteiger partial charge in [-0.25, -0.2) is 0 Å². The minimum atomic E-state index is 0.933. The Labute approximate surface area is 129 Å². The van der Waals surface area contributed by atoms with Crippen molar-refractivity contribution in [2.75, 3.05) is 0 Å². The van der Waals surface area contributed by atoms with Crippen LogP contribution in [0.4, 0.5) is 0 Å². The maximum Gasteiger partial charge on any atom is 0.236 e. The Balaban J connectivity index is 1.96. The predicted octanol–water partition coefficient (Wildman–Crippen LogP) is 4.42. The van der Waals surface area contributed by atoms with Gasteiger partial charge in [0.25, 0.3) is 0 Å². The van der Waals surface area contributed by atoms with E-state index in [1.54, 1.807) is 0 Å². The van der Waals surface area contributed by atoms with Gasteiger partial charge in [-0.3, -0.25) is 4.40 Å². The number of fused-ring (bicyclic) bond motifs is 2. The molecule has 22 heavy (non-hydrogen) atoms. The highest BCUT2D eigenvalue weighted by molar-refractivity contribution is 6.08. The first-order chi connectivity index (χ1) is 10.9. The van der Waals surface area contributed by atoms with Gasteiger partial charge in [-0.05, 0) is 23.9 Å². The third-order valence-corrected chi connectivity index (χ3v) is 4.42. The van der Waals surface area contributed by atoms with Crippen molar-refractivity contribution < 1.29 is 0 Å². The second kappa shape index (κ2) is 5.44. The third-order valence-electron chi connectivity index (χ3n) is 4.42. The summed E-state index contributed by atoms with van der Waals surface area (Å²) in [6.07, 6.45) is 6.81. The lowest BCUT2D eigenvalue weighted by Crippen LogP contribution is -2.07. The lowest BCUT2D eigenvalue weighted by molar-refractivity contribution is 0.594. The summed E-state index contributed by atoms with van der Waals surface area (Å²) in [5, 5.41) is 11.1. The Morgan fingerprint density at radius 1 is 0.955 bits per heavy atom. The van der Waals surface area contributed by atoms with Crippen molar-refractivity contribution in [2.45, 2.75) is 39.2 Å². The van der Waals surface area contributed by atoms with E-state index in [0.29, 0.717) is 0 Å². The van der Waals surface area contributed by atoms with Gasteiger partial charge in [0.15, 0.2) is 0 Å². The van der Waals surface area contributed by atoms with Gasteiger partial charge in [0, 0.05) is 11.9 Å². The monoisotopic (exact) mass is 292 g/mol. The molecule has 4 aromatic rings. The molecule has 2 aromatic carbocycles. The van der Waals surface area contributed by atoms with Gasteiger partial charge in [-0.2, -0.15) is 0 Å². The van der Waals surface area contributed by atoms with E-state index in [4.69, 9.17) is 0 Å². The second-order valence-corrected chi connectivity index (χ2v) is 5.87. The average molecular weight is 292 g/mol. The molecule has 0 fully saturated rings. The first-order valence-electron chi connectivity index (χ1n) is 8.10. The van der Waals surface area contributed by atoms with E-state index >= 15 is 0 Å². The summed E-state index contributed by atoms with van der Waals surface area (Å²) in [6.45, 7) is 3.24. The van der Waals surface area contributed by atoms with Crippen molar-refractivity contribution in [3.63, 3.8) is 0 Å². The molecule has 4 nitrogen and oxygen atoms in total. The first-order valence-corrected chi connectivity index (χ1v) is 8.10. The van der Waals surface area contributed by atoms with Crippen molar-refractivity contribution in [1.82, 2.24) is 19.2 Å². The molecular formula is C18H20N4. The molecule has 112 valence electrons. The van der Waals surface area contributed by atoms with E-state index in [2.05, 4.69) is 62.5 Å². The Bertz CT molecular complexity index is 927. The zero-order valence-corrected chi connectivity index (χ0v) is 12.9. The Morgan fingerprint density at radius 3 is 2.59 bits per heavy atom. The van der Waals surface area contributed by atoms with Crippen LogP contribution >= 0.6 is 0 Å². The zero-order chi connectivity index (χ0) is 14.9. The Hall–Kier alpha value is -2.36. The number of benzene rings is 2. The number of aromatic nitrogens is 4. The van der Waals surface area contributed by atoms with E-state index < -0.39 is 0 Å². The van der Waals surface area contributed by atoms with E-state index in [0.717, 1.165) is 12.3 Å². The lowest BCUT2D eigenvalue weighted by Gasteiger charge is -2.16. The molecule has 0 aliphatic heterocycles. The Kier molecular flexibility index (Phi) is 3.29. The van der Waals surface area contributed by atoms with Crippen LogP contribution in [0.1, 0.15) is 32.6 Å². The van der Waals surface area contributed by atoms with E-state index in [1.807, 2.05) is 6.33 Å². The minimum Gasteiger partial charge on any atom is -0.310 e. The molecule has 0 saturated heterocycles. The van der Waals surface area contributed by atoms with Crippen LogP contribution in [-0.4, -0.2) is 19.2 Å². The molecular weight excluding hydrogens is 272 g/mol. The average Bonchev–Trinajstić information content (AvgIpc) is 3.04. The maximum atomic E-state index is 4.36. The lowest BCUT2D eigenvalue weighted by atomic mass is 10.1. The molecule has 0 atom stereocenters. The number of hydrogen-bond donors (Lipinski definition) is 0. The topological polar surface area (TPSA) is 35.1 Å². The fourth-order valence-electron chi connectivity index (χ4n) is 3.34.